The molecular weight excluding hydrogens is 585 g/mol. The van der Waals surface area contributed by atoms with Crippen LogP contribution in [0.5, 0.6) is 23.0 Å². The molecule has 0 amide bonds. The van der Waals surface area contributed by atoms with Gasteiger partial charge in [0.25, 0.3) is 6.71 Å². The predicted molar refractivity (Wildman–Crippen MR) is 200 cm³/mol. The number of benzene rings is 7. The van der Waals surface area contributed by atoms with Crippen molar-refractivity contribution in [2.45, 2.75) is 26.2 Å². The number of anilines is 3. The van der Waals surface area contributed by atoms with Gasteiger partial charge in [0.2, 0.25) is 0 Å². The SMILES string of the molecule is CC(C)(C)c1ccc(N(c2cc3c4c(c2)Oc2ccccc2B4c2ccccc2O3)c2cc3ccccc3cc2-c2ccccc2)cc1. The number of hydrogen-bond acceptors (Lipinski definition) is 3. The van der Waals surface area contributed by atoms with Crippen molar-refractivity contribution in [1.29, 1.82) is 0 Å². The van der Waals surface area contributed by atoms with Crippen molar-refractivity contribution in [2.75, 3.05) is 4.90 Å². The molecule has 0 saturated carbocycles. The second-order valence-corrected chi connectivity index (χ2v) is 13.8. The van der Waals surface area contributed by atoms with E-state index in [9.17, 15) is 0 Å². The summed E-state index contributed by atoms with van der Waals surface area (Å²) in [5, 5.41) is 2.38. The molecule has 0 atom stereocenters. The van der Waals surface area contributed by atoms with Gasteiger partial charge in [-0.05, 0) is 74.6 Å². The van der Waals surface area contributed by atoms with Crippen LogP contribution in [0.2, 0.25) is 0 Å². The summed E-state index contributed by atoms with van der Waals surface area (Å²) in [6, 6.07) is 54.0. The molecule has 0 N–H and O–H groups in total. The lowest BCUT2D eigenvalue weighted by atomic mass is 9.35. The average Bonchev–Trinajstić information content (AvgIpc) is 3.11. The van der Waals surface area contributed by atoms with Gasteiger partial charge in [-0.25, -0.2) is 0 Å². The molecule has 2 aliphatic heterocycles. The van der Waals surface area contributed by atoms with Gasteiger partial charge in [0, 0.05) is 28.8 Å². The molecule has 7 aromatic carbocycles. The van der Waals surface area contributed by atoms with E-state index in [4.69, 9.17) is 9.47 Å². The van der Waals surface area contributed by atoms with Crippen LogP contribution in [0.15, 0.2) is 152 Å². The Labute approximate surface area is 282 Å². The van der Waals surface area contributed by atoms with Crippen LogP contribution in [-0.2, 0) is 5.41 Å². The lowest BCUT2D eigenvalue weighted by Crippen LogP contribution is -2.57. The zero-order valence-electron chi connectivity index (χ0n) is 27.3. The minimum Gasteiger partial charge on any atom is -0.458 e. The number of fused-ring (bicyclic) bond motifs is 5. The third kappa shape index (κ3) is 4.67. The first-order valence-corrected chi connectivity index (χ1v) is 16.6. The van der Waals surface area contributed by atoms with E-state index in [2.05, 4.69) is 165 Å². The molecule has 0 aliphatic carbocycles. The first-order chi connectivity index (χ1) is 23.4. The van der Waals surface area contributed by atoms with Gasteiger partial charge in [-0.2, -0.15) is 0 Å². The smallest absolute Gasteiger partial charge is 0.260 e. The summed E-state index contributed by atoms with van der Waals surface area (Å²) in [6.07, 6.45) is 0. The molecule has 9 rings (SSSR count). The molecule has 0 spiro atoms. The third-order valence-electron chi connectivity index (χ3n) is 9.72. The molecule has 2 aliphatic rings. The van der Waals surface area contributed by atoms with Crippen LogP contribution in [-0.4, -0.2) is 6.71 Å². The molecule has 0 unspecified atom stereocenters. The molecule has 3 nitrogen and oxygen atoms in total. The summed E-state index contributed by atoms with van der Waals surface area (Å²) in [5.41, 5.74) is 10.1. The van der Waals surface area contributed by atoms with Crippen molar-refractivity contribution in [3.05, 3.63) is 157 Å². The van der Waals surface area contributed by atoms with E-state index in [1.807, 2.05) is 12.1 Å². The predicted octanol–water partition coefficient (Wildman–Crippen LogP) is 10.0. The quantitative estimate of drug-likeness (QED) is 0.183. The summed E-state index contributed by atoms with van der Waals surface area (Å²) >= 11 is 0. The van der Waals surface area contributed by atoms with E-state index in [0.717, 1.165) is 67.6 Å². The Balaban J connectivity index is 1.31. The van der Waals surface area contributed by atoms with E-state index in [1.165, 1.54) is 16.3 Å². The molecule has 0 fully saturated rings. The zero-order chi connectivity index (χ0) is 32.4. The molecule has 48 heavy (non-hydrogen) atoms. The van der Waals surface area contributed by atoms with E-state index in [0.29, 0.717) is 0 Å². The number of nitrogens with zero attached hydrogens (tertiary/aromatic N) is 1. The first-order valence-electron chi connectivity index (χ1n) is 16.6. The molecule has 0 saturated heterocycles. The maximum absolute atomic E-state index is 6.74. The van der Waals surface area contributed by atoms with Gasteiger partial charge in [-0.15, -0.1) is 0 Å². The van der Waals surface area contributed by atoms with E-state index >= 15 is 0 Å². The van der Waals surface area contributed by atoms with Crippen LogP contribution in [0.3, 0.4) is 0 Å². The highest BCUT2D eigenvalue weighted by molar-refractivity contribution is 6.98. The first kappa shape index (κ1) is 28.5. The Morgan fingerprint density at radius 2 is 1.04 bits per heavy atom. The van der Waals surface area contributed by atoms with Crippen LogP contribution in [0, 0.1) is 0 Å². The fourth-order valence-electron chi connectivity index (χ4n) is 7.31. The molecule has 4 heteroatoms. The van der Waals surface area contributed by atoms with Crippen molar-refractivity contribution >= 4 is 50.9 Å². The van der Waals surface area contributed by atoms with Crippen molar-refractivity contribution in [2.24, 2.45) is 0 Å². The molecule has 7 aromatic rings. The van der Waals surface area contributed by atoms with E-state index < -0.39 is 0 Å². The summed E-state index contributed by atoms with van der Waals surface area (Å²) in [7, 11) is 0. The second-order valence-electron chi connectivity index (χ2n) is 13.8. The molecular formula is C44H34BNO2. The van der Waals surface area contributed by atoms with Crippen LogP contribution in [0.1, 0.15) is 26.3 Å². The Bertz CT molecular complexity index is 2270. The Hall–Kier alpha value is -5.74. The highest BCUT2D eigenvalue weighted by Gasteiger charge is 2.40. The van der Waals surface area contributed by atoms with Gasteiger partial charge < -0.3 is 14.4 Å². The lowest BCUT2D eigenvalue weighted by molar-refractivity contribution is 0.465. The largest absolute Gasteiger partial charge is 0.458 e. The maximum Gasteiger partial charge on any atom is 0.260 e. The number of ether oxygens (including phenoxy) is 2. The normalized spacial score (nSPS) is 12.8. The summed E-state index contributed by atoms with van der Waals surface area (Å²) in [6.45, 7) is 6.79. The molecule has 0 bridgehead atoms. The van der Waals surface area contributed by atoms with Gasteiger partial charge >= 0.3 is 0 Å². The standard InChI is InChI=1S/C44H34BNO2/c1-44(2,3)32-21-23-33(24-22-32)46(38-26-31-16-8-7-15-30(31)25-35(38)29-13-5-4-6-14-29)34-27-41-43-42(28-34)48-40-20-12-10-18-37(40)45(43)36-17-9-11-19-39(36)47-41/h4-28H,1-3H3. The Kier molecular flexibility index (Phi) is 6.48. The van der Waals surface area contributed by atoms with Gasteiger partial charge in [0.15, 0.2) is 0 Å². The summed E-state index contributed by atoms with van der Waals surface area (Å²) in [5.74, 6) is 3.40. The van der Waals surface area contributed by atoms with Gasteiger partial charge in [0.1, 0.15) is 23.0 Å². The average molecular weight is 620 g/mol. The fraction of sp³-hybridized carbons (Fsp3) is 0.0909. The van der Waals surface area contributed by atoms with Crippen molar-refractivity contribution in [3.63, 3.8) is 0 Å². The highest BCUT2D eigenvalue weighted by atomic mass is 16.5. The van der Waals surface area contributed by atoms with E-state index in [-0.39, 0.29) is 12.1 Å². The van der Waals surface area contributed by atoms with Crippen molar-refractivity contribution in [3.8, 4) is 34.1 Å². The minimum atomic E-state index is 0.0269. The zero-order valence-corrected chi connectivity index (χ0v) is 27.3. The molecule has 0 radical (unpaired) electrons. The number of para-hydroxylation sites is 2. The Morgan fingerprint density at radius 1 is 0.500 bits per heavy atom. The van der Waals surface area contributed by atoms with Crippen LogP contribution >= 0.6 is 0 Å². The van der Waals surface area contributed by atoms with Crippen molar-refractivity contribution in [1.82, 2.24) is 0 Å². The van der Waals surface area contributed by atoms with Crippen molar-refractivity contribution < 1.29 is 9.47 Å². The maximum atomic E-state index is 6.74. The third-order valence-corrected chi connectivity index (χ3v) is 9.72. The van der Waals surface area contributed by atoms with Crippen LogP contribution < -0.4 is 30.8 Å². The lowest BCUT2D eigenvalue weighted by Gasteiger charge is -2.35. The summed E-state index contributed by atoms with van der Waals surface area (Å²) in [4.78, 5) is 2.36. The van der Waals surface area contributed by atoms with Gasteiger partial charge in [-0.1, -0.05) is 124 Å². The monoisotopic (exact) mass is 619 g/mol. The highest BCUT2D eigenvalue weighted by Crippen LogP contribution is 2.46. The second kappa shape index (κ2) is 10.9. The van der Waals surface area contributed by atoms with Gasteiger partial charge in [-0.3, -0.25) is 0 Å². The van der Waals surface area contributed by atoms with Crippen LogP contribution in [0.25, 0.3) is 21.9 Å². The molecule has 2 heterocycles. The number of hydrogen-bond donors (Lipinski definition) is 0. The van der Waals surface area contributed by atoms with Gasteiger partial charge in [0.05, 0.1) is 11.4 Å². The number of rotatable bonds is 4. The fourth-order valence-corrected chi connectivity index (χ4v) is 7.31. The van der Waals surface area contributed by atoms with Crippen LogP contribution in [0.4, 0.5) is 17.1 Å². The van der Waals surface area contributed by atoms with E-state index in [1.54, 1.807) is 0 Å². The molecule has 230 valence electrons. The minimum absolute atomic E-state index is 0.0269. The molecule has 0 aromatic heterocycles. The Morgan fingerprint density at radius 3 is 1.65 bits per heavy atom. The summed E-state index contributed by atoms with van der Waals surface area (Å²) < 4.78 is 13.5. The topological polar surface area (TPSA) is 21.7 Å².